The van der Waals surface area contributed by atoms with E-state index < -0.39 is 6.04 Å². The second-order valence-corrected chi connectivity index (χ2v) is 8.06. The molecule has 1 aromatic heterocycles. The average Bonchev–Trinajstić information content (AvgIpc) is 3.31. The highest BCUT2D eigenvalue weighted by Gasteiger charge is 2.21. The molecule has 7 nitrogen and oxygen atoms in total. The van der Waals surface area contributed by atoms with E-state index in [-0.39, 0.29) is 24.4 Å². The van der Waals surface area contributed by atoms with Gasteiger partial charge in [0.2, 0.25) is 0 Å². The molecule has 0 spiro atoms. The Morgan fingerprint density at radius 1 is 1.09 bits per heavy atom. The molecule has 0 bridgehead atoms. The number of nitrogens with one attached hydrogen (secondary N) is 1. The van der Waals surface area contributed by atoms with E-state index in [1.54, 1.807) is 62.9 Å². The van der Waals surface area contributed by atoms with Crippen LogP contribution in [0, 0.1) is 0 Å². The summed E-state index contributed by atoms with van der Waals surface area (Å²) >= 11 is 1.50. The van der Waals surface area contributed by atoms with Crippen molar-refractivity contribution in [3.8, 4) is 11.5 Å². The van der Waals surface area contributed by atoms with Crippen molar-refractivity contribution in [1.82, 2.24) is 10.3 Å². The number of ether oxygens (including phenoxy) is 3. The molecule has 168 valence electrons. The molecule has 1 heterocycles. The first-order valence-electron chi connectivity index (χ1n) is 10.2. The molecule has 2 aromatic carbocycles. The molecule has 1 unspecified atom stereocenters. The number of carbonyl (C=O) groups is 2. The van der Waals surface area contributed by atoms with Crippen LogP contribution < -0.4 is 14.8 Å². The van der Waals surface area contributed by atoms with Crippen LogP contribution in [0.15, 0.2) is 59.4 Å². The van der Waals surface area contributed by atoms with E-state index in [2.05, 4.69) is 10.3 Å². The molecule has 1 atom stereocenters. The predicted octanol–water partition coefficient (Wildman–Crippen LogP) is 4.54. The van der Waals surface area contributed by atoms with Gasteiger partial charge in [0.25, 0.3) is 5.91 Å². The minimum atomic E-state index is -0.556. The first-order chi connectivity index (χ1) is 15.4. The summed E-state index contributed by atoms with van der Waals surface area (Å²) in [4.78, 5) is 29.5. The minimum Gasteiger partial charge on any atom is -0.497 e. The molecule has 3 rings (SSSR count). The molecule has 1 N–H and O–H groups in total. The van der Waals surface area contributed by atoms with Crippen molar-refractivity contribution in [3.63, 3.8) is 0 Å². The number of benzene rings is 2. The van der Waals surface area contributed by atoms with Crippen molar-refractivity contribution in [1.29, 1.82) is 0 Å². The van der Waals surface area contributed by atoms with Crippen molar-refractivity contribution in [2.75, 3.05) is 7.11 Å². The lowest BCUT2D eigenvalue weighted by Crippen LogP contribution is -2.31. The number of aromatic nitrogens is 1. The fourth-order valence-corrected chi connectivity index (χ4v) is 3.54. The van der Waals surface area contributed by atoms with Gasteiger partial charge in [-0.2, -0.15) is 0 Å². The lowest BCUT2D eigenvalue weighted by Gasteiger charge is -2.20. The lowest BCUT2D eigenvalue weighted by molar-refractivity contribution is -0.147. The Bertz CT molecular complexity index is 1020. The van der Waals surface area contributed by atoms with Gasteiger partial charge in [-0.05, 0) is 49.7 Å². The van der Waals surface area contributed by atoms with Gasteiger partial charge < -0.3 is 19.5 Å². The van der Waals surface area contributed by atoms with Crippen LogP contribution in [-0.4, -0.2) is 30.1 Å². The zero-order valence-corrected chi connectivity index (χ0v) is 19.1. The fraction of sp³-hybridized carbons (Fsp3) is 0.292. The van der Waals surface area contributed by atoms with Crippen molar-refractivity contribution < 1.29 is 23.8 Å². The van der Waals surface area contributed by atoms with Crippen molar-refractivity contribution in [3.05, 3.63) is 76.2 Å². The van der Waals surface area contributed by atoms with Crippen LogP contribution in [0.2, 0.25) is 0 Å². The first kappa shape index (κ1) is 23.3. The van der Waals surface area contributed by atoms with Crippen molar-refractivity contribution >= 4 is 23.2 Å². The zero-order chi connectivity index (χ0) is 22.9. The Morgan fingerprint density at radius 3 is 2.53 bits per heavy atom. The molecule has 1 amide bonds. The van der Waals surface area contributed by atoms with Crippen LogP contribution in [0.4, 0.5) is 0 Å². The van der Waals surface area contributed by atoms with Crippen LogP contribution in [0.25, 0.3) is 0 Å². The maximum atomic E-state index is 13.0. The summed E-state index contributed by atoms with van der Waals surface area (Å²) in [5, 5.41) is 4.85. The molecular weight excluding hydrogens is 428 g/mol. The summed E-state index contributed by atoms with van der Waals surface area (Å²) in [5.74, 6) is 0.545. The number of rotatable bonds is 10. The van der Waals surface area contributed by atoms with Gasteiger partial charge in [-0.15, -0.1) is 11.3 Å². The molecule has 0 fully saturated rings. The Morgan fingerprint density at radius 2 is 1.88 bits per heavy atom. The third kappa shape index (κ3) is 6.81. The summed E-state index contributed by atoms with van der Waals surface area (Å²) in [7, 11) is 1.58. The van der Waals surface area contributed by atoms with Gasteiger partial charge in [0.15, 0.2) is 0 Å². The van der Waals surface area contributed by atoms with Crippen LogP contribution in [0.1, 0.15) is 47.9 Å². The SMILES string of the molecule is COc1ccc(C(CC(=O)OC(C)C)NC(=O)c2cccc(OCc3cscn3)c2)cc1. The highest BCUT2D eigenvalue weighted by molar-refractivity contribution is 7.07. The molecule has 0 aliphatic carbocycles. The van der Waals surface area contributed by atoms with Gasteiger partial charge >= 0.3 is 5.97 Å². The number of amides is 1. The molecule has 0 saturated carbocycles. The molecule has 0 aliphatic heterocycles. The second-order valence-electron chi connectivity index (χ2n) is 7.34. The lowest BCUT2D eigenvalue weighted by atomic mass is 10.0. The van der Waals surface area contributed by atoms with Crippen LogP contribution in [0.5, 0.6) is 11.5 Å². The predicted molar refractivity (Wildman–Crippen MR) is 122 cm³/mol. The summed E-state index contributed by atoms with van der Waals surface area (Å²) < 4.78 is 16.2. The van der Waals surface area contributed by atoms with Crippen LogP contribution in [0.3, 0.4) is 0 Å². The molecule has 32 heavy (non-hydrogen) atoms. The Labute approximate surface area is 191 Å². The molecule has 8 heteroatoms. The van der Waals surface area contributed by atoms with E-state index in [4.69, 9.17) is 14.2 Å². The van der Waals surface area contributed by atoms with Crippen molar-refractivity contribution in [2.24, 2.45) is 0 Å². The standard InChI is InChI=1S/C24H26N2O5S/c1-16(2)31-23(27)12-22(17-7-9-20(29-3)10-8-17)26-24(28)18-5-4-6-21(11-18)30-13-19-14-32-15-25-19/h4-11,14-16,22H,12-13H2,1-3H3,(H,26,28). The molecule has 0 radical (unpaired) electrons. The van der Waals surface area contributed by atoms with E-state index in [1.807, 2.05) is 17.5 Å². The van der Waals surface area contributed by atoms with Gasteiger partial charge in [-0.1, -0.05) is 18.2 Å². The van der Waals surface area contributed by atoms with E-state index in [9.17, 15) is 9.59 Å². The Balaban J connectivity index is 1.73. The van der Waals surface area contributed by atoms with Gasteiger partial charge in [-0.25, -0.2) is 4.98 Å². The van der Waals surface area contributed by atoms with E-state index in [0.29, 0.717) is 23.7 Å². The molecule has 0 saturated heterocycles. The largest absolute Gasteiger partial charge is 0.497 e. The monoisotopic (exact) mass is 454 g/mol. The highest BCUT2D eigenvalue weighted by atomic mass is 32.1. The number of hydrogen-bond acceptors (Lipinski definition) is 7. The average molecular weight is 455 g/mol. The van der Waals surface area contributed by atoms with Gasteiger partial charge in [0.1, 0.15) is 18.1 Å². The van der Waals surface area contributed by atoms with Gasteiger partial charge in [0, 0.05) is 10.9 Å². The summed E-state index contributed by atoms with van der Waals surface area (Å²) in [6, 6.07) is 13.6. The third-order valence-corrected chi connectivity index (χ3v) is 5.16. The number of hydrogen-bond donors (Lipinski definition) is 1. The van der Waals surface area contributed by atoms with E-state index in [1.165, 1.54) is 11.3 Å². The highest BCUT2D eigenvalue weighted by Crippen LogP contribution is 2.23. The van der Waals surface area contributed by atoms with Crippen LogP contribution >= 0.6 is 11.3 Å². The van der Waals surface area contributed by atoms with Crippen molar-refractivity contribution in [2.45, 2.75) is 39.0 Å². The number of thiazole rings is 1. The summed E-state index contributed by atoms with van der Waals surface area (Å²) in [6.07, 6.45) is -0.225. The second kappa shape index (κ2) is 11.3. The Kier molecular flexibility index (Phi) is 8.21. The van der Waals surface area contributed by atoms with Gasteiger partial charge in [0.05, 0.1) is 36.9 Å². The number of carbonyl (C=O) groups excluding carboxylic acids is 2. The number of methoxy groups -OCH3 is 1. The smallest absolute Gasteiger partial charge is 0.308 e. The van der Waals surface area contributed by atoms with Gasteiger partial charge in [-0.3, -0.25) is 9.59 Å². The quantitative estimate of drug-likeness (QED) is 0.453. The number of esters is 1. The maximum absolute atomic E-state index is 13.0. The molecular formula is C24H26N2O5S. The van der Waals surface area contributed by atoms with Crippen LogP contribution in [-0.2, 0) is 16.1 Å². The maximum Gasteiger partial charge on any atom is 0.308 e. The number of nitrogens with zero attached hydrogens (tertiary/aromatic N) is 1. The fourth-order valence-electron chi connectivity index (χ4n) is 3.00. The zero-order valence-electron chi connectivity index (χ0n) is 18.2. The summed E-state index contributed by atoms with van der Waals surface area (Å²) in [6.45, 7) is 3.90. The summed E-state index contributed by atoms with van der Waals surface area (Å²) in [5.41, 5.74) is 3.77. The molecule has 0 aliphatic rings. The Hall–Kier alpha value is -3.39. The first-order valence-corrected chi connectivity index (χ1v) is 11.1. The topological polar surface area (TPSA) is 86.8 Å². The minimum absolute atomic E-state index is 0.0102. The normalized spacial score (nSPS) is 11.6. The van der Waals surface area contributed by atoms with E-state index >= 15 is 0 Å². The molecule has 3 aromatic rings. The van der Waals surface area contributed by atoms with E-state index in [0.717, 1.165) is 11.3 Å². The third-order valence-electron chi connectivity index (χ3n) is 4.53.